The SMILES string of the molecule is CCOCCCCNC(=NC)NCC(c1ccc(C(F)(F)F)cc1)N1CCOCC1.I. The van der Waals surface area contributed by atoms with Crippen molar-refractivity contribution in [1.29, 1.82) is 0 Å². The van der Waals surface area contributed by atoms with E-state index in [0.717, 1.165) is 63.4 Å². The number of hydrogen-bond donors (Lipinski definition) is 2. The predicted molar refractivity (Wildman–Crippen MR) is 127 cm³/mol. The van der Waals surface area contributed by atoms with Crippen molar-refractivity contribution in [3.63, 3.8) is 0 Å². The van der Waals surface area contributed by atoms with Crippen LogP contribution in [0.4, 0.5) is 13.2 Å². The number of aliphatic imine (C=N–C) groups is 1. The lowest BCUT2D eigenvalue weighted by atomic mass is 10.0. The predicted octanol–water partition coefficient (Wildman–Crippen LogP) is 3.68. The Bertz CT molecular complexity index is 639. The van der Waals surface area contributed by atoms with Crippen LogP contribution in [-0.4, -0.2) is 70.5 Å². The summed E-state index contributed by atoms with van der Waals surface area (Å²) in [6.45, 7) is 7.45. The monoisotopic (exact) mass is 558 g/mol. The Kier molecular flexibility index (Phi) is 13.4. The van der Waals surface area contributed by atoms with E-state index >= 15 is 0 Å². The van der Waals surface area contributed by atoms with Crippen molar-refractivity contribution in [3.05, 3.63) is 35.4 Å². The van der Waals surface area contributed by atoms with Gasteiger partial charge in [-0.3, -0.25) is 9.89 Å². The Morgan fingerprint density at radius 1 is 1.16 bits per heavy atom. The van der Waals surface area contributed by atoms with Crippen LogP contribution in [0.1, 0.15) is 36.9 Å². The number of ether oxygens (including phenoxy) is 2. The molecule has 2 rings (SSSR count). The van der Waals surface area contributed by atoms with Gasteiger partial charge in [-0.1, -0.05) is 12.1 Å². The molecule has 31 heavy (non-hydrogen) atoms. The fourth-order valence-electron chi connectivity index (χ4n) is 3.34. The number of nitrogens with one attached hydrogen (secondary N) is 2. The van der Waals surface area contributed by atoms with E-state index < -0.39 is 11.7 Å². The fraction of sp³-hybridized carbons (Fsp3) is 0.667. The Balaban J connectivity index is 0.00000480. The van der Waals surface area contributed by atoms with Crippen LogP contribution in [0.5, 0.6) is 0 Å². The van der Waals surface area contributed by atoms with E-state index in [4.69, 9.17) is 9.47 Å². The lowest BCUT2D eigenvalue weighted by Gasteiger charge is -2.35. The number of rotatable bonds is 10. The zero-order valence-electron chi connectivity index (χ0n) is 18.2. The molecular weight excluding hydrogens is 524 g/mol. The van der Waals surface area contributed by atoms with E-state index in [0.29, 0.717) is 25.7 Å². The third-order valence-corrected chi connectivity index (χ3v) is 5.01. The van der Waals surface area contributed by atoms with Gasteiger partial charge in [0.05, 0.1) is 24.8 Å². The molecular formula is C21H34F3IN4O2. The first-order chi connectivity index (χ1) is 14.5. The van der Waals surface area contributed by atoms with Crippen molar-refractivity contribution >= 4 is 29.9 Å². The van der Waals surface area contributed by atoms with Crippen LogP contribution >= 0.6 is 24.0 Å². The number of nitrogens with zero attached hydrogens (tertiary/aromatic N) is 2. The molecule has 0 aliphatic carbocycles. The van der Waals surface area contributed by atoms with Crippen LogP contribution in [0.15, 0.2) is 29.3 Å². The number of unbranched alkanes of at least 4 members (excludes halogenated alkanes) is 1. The standard InChI is InChI=1S/C21H33F3N4O2.HI/c1-3-29-13-5-4-10-26-20(25-2)27-16-19(28-11-14-30-15-12-28)17-6-8-18(9-7-17)21(22,23)24;/h6-9,19H,3-5,10-16H2,1-2H3,(H2,25,26,27);1H. The minimum absolute atomic E-state index is 0. The quantitative estimate of drug-likeness (QED) is 0.199. The largest absolute Gasteiger partial charge is 0.416 e. The third-order valence-electron chi connectivity index (χ3n) is 5.01. The molecule has 1 fully saturated rings. The molecule has 178 valence electrons. The maximum absolute atomic E-state index is 12.9. The third kappa shape index (κ3) is 9.92. The maximum atomic E-state index is 12.9. The summed E-state index contributed by atoms with van der Waals surface area (Å²) in [4.78, 5) is 6.48. The van der Waals surface area contributed by atoms with Crippen LogP contribution in [0, 0.1) is 0 Å². The van der Waals surface area contributed by atoms with Crippen LogP contribution in [0.2, 0.25) is 0 Å². The molecule has 0 bridgehead atoms. The van der Waals surface area contributed by atoms with Gasteiger partial charge in [-0.05, 0) is 37.5 Å². The van der Waals surface area contributed by atoms with Crippen molar-refractivity contribution < 1.29 is 22.6 Å². The summed E-state index contributed by atoms with van der Waals surface area (Å²) in [5.74, 6) is 0.677. The van der Waals surface area contributed by atoms with Gasteiger partial charge in [-0.25, -0.2) is 0 Å². The molecule has 10 heteroatoms. The number of alkyl halides is 3. The molecule has 2 N–H and O–H groups in total. The first-order valence-electron chi connectivity index (χ1n) is 10.5. The second kappa shape index (κ2) is 14.9. The summed E-state index contributed by atoms with van der Waals surface area (Å²) in [5, 5.41) is 6.59. The lowest BCUT2D eigenvalue weighted by Crippen LogP contribution is -2.46. The molecule has 0 saturated carbocycles. The average molecular weight is 558 g/mol. The highest BCUT2D eigenvalue weighted by Crippen LogP contribution is 2.31. The number of benzene rings is 1. The van der Waals surface area contributed by atoms with Crippen molar-refractivity contribution in [2.75, 3.05) is 59.7 Å². The summed E-state index contributed by atoms with van der Waals surface area (Å²) in [7, 11) is 1.71. The van der Waals surface area contributed by atoms with Crippen molar-refractivity contribution in [2.24, 2.45) is 4.99 Å². The summed E-state index contributed by atoms with van der Waals surface area (Å²) < 4.78 is 49.5. The first-order valence-corrected chi connectivity index (χ1v) is 10.5. The smallest absolute Gasteiger partial charge is 0.382 e. The lowest BCUT2D eigenvalue weighted by molar-refractivity contribution is -0.137. The second-order valence-electron chi connectivity index (χ2n) is 7.07. The van der Waals surface area contributed by atoms with E-state index in [-0.39, 0.29) is 30.0 Å². The molecule has 1 aliphatic rings. The number of morpholine rings is 1. The first kappa shape index (κ1) is 27.9. The molecule has 1 heterocycles. The summed E-state index contributed by atoms with van der Waals surface area (Å²) in [6.07, 6.45) is -2.40. The van der Waals surface area contributed by atoms with Gasteiger partial charge in [0.1, 0.15) is 0 Å². The van der Waals surface area contributed by atoms with Crippen molar-refractivity contribution in [2.45, 2.75) is 32.0 Å². The van der Waals surface area contributed by atoms with E-state index in [1.54, 1.807) is 19.2 Å². The second-order valence-corrected chi connectivity index (χ2v) is 7.07. The molecule has 1 unspecified atom stereocenters. The average Bonchev–Trinajstić information content (AvgIpc) is 2.75. The van der Waals surface area contributed by atoms with Gasteiger partial charge in [0.25, 0.3) is 0 Å². The van der Waals surface area contributed by atoms with E-state index in [9.17, 15) is 13.2 Å². The van der Waals surface area contributed by atoms with Crippen LogP contribution in [0.25, 0.3) is 0 Å². The zero-order chi connectivity index (χ0) is 21.8. The van der Waals surface area contributed by atoms with Gasteiger partial charge >= 0.3 is 6.18 Å². The van der Waals surface area contributed by atoms with E-state index in [1.165, 1.54) is 0 Å². The maximum Gasteiger partial charge on any atom is 0.416 e. The van der Waals surface area contributed by atoms with Crippen LogP contribution in [-0.2, 0) is 15.7 Å². The minimum atomic E-state index is -4.33. The molecule has 1 saturated heterocycles. The van der Waals surface area contributed by atoms with Gasteiger partial charge in [0, 0.05) is 46.4 Å². The van der Waals surface area contributed by atoms with Gasteiger partial charge in [0.15, 0.2) is 5.96 Å². The summed E-state index contributed by atoms with van der Waals surface area (Å²) in [6, 6.07) is 5.35. The van der Waals surface area contributed by atoms with Gasteiger partial charge < -0.3 is 20.1 Å². The van der Waals surface area contributed by atoms with Crippen molar-refractivity contribution in [3.8, 4) is 0 Å². The number of hydrogen-bond acceptors (Lipinski definition) is 4. The van der Waals surface area contributed by atoms with Gasteiger partial charge in [-0.15, -0.1) is 24.0 Å². The Morgan fingerprint density at radius 2 is 1.84 bits per heavy atom. The van der Waals surface area contributed by atoms with Crippen LogP contribution in [0.3, 0.4) is 0 Å². The molecule has 1 aromatic rings. The molecule has 0 aromatic heterocycles. The molecule has 1 aromatic carbocycles. The molecule has 6 nitrogen and oxygen atoms in total. The number of halogens is 4. The Hall–Kier alpha value is -1.11. The van der Waals surface area contributed by atoms with Crippen molar-refractivity contribution in [1.82, 2.24) is 15.5 Å². The highest BCUT2D eigenvalue weighted by molar-refractivity contribution is 14.0. The summed E-state index contributed by atoms with van der Waals surface area (Å²) in [5.41, 5.74) is 0.203. The van der Waals surface area contributed by atoms with E-state index in [1.807, 2.05) is 6.92 Å². The molecule has 1 aliphatic heterocycles. The molecule has 0 radical (unpaired) electrons. The fourth-order valence-corrected chi connectivity index (χ4v) is 3.34. The Morgan fingerprint density at radius 3 is 2.42 bits per heavy atom. The topological polar surface area (TPSA) is 58.1 Å². The summed E-state index contributed by atoms with van der Waals surface area (Å²) >= 11 is 0. The molecule has 0 amide bonds. The number of guanidine groups is 1. The van der Waals surface area contributed by atoms with Gasteiger partial charge in [-0.2, -0.15) is 13.2 Å². The normalized spacial score (nSPS) is 16.5. The zero-order valence-corrected chi connectivity index (χ0v) is 20.5. The van der Waals surface area contributed by atoms with E-state index in [2.05, 4.69) is 20.5 Å². The Labute approximate surface area is 200 Å². The van der Waals surface area contributed by atoms with Gasteiger partial charge in [0.2, 0.25) is 0 Å². The molecule has 0 spiro atoms. The highest BCUT2D eigenvalue weighted by Gasteiger charge is 2.31. The van der Waals surface area contributed by atoms with Crippen LogP contribution < -0.4 is 10.6 Å². The highest BCUT2D eigenvalue weighted by atomic mass is 127. The minimum Gasteiger partial charge on any atom is -0.382 e. The molecule has 1 atom stereocenters.